The van der Waals surface area contributed by atoms with Gasteiger partial charge >= 0.3 is 6.18 Å². The lowest BCUT2D eigenvalue weighted by molar-refractivity contribution is -0.137. The lowest BCUT2D eigenvalue weighted by Gasteiger charge is -2.32. The zero-order chi connectivity index (χ0) is 17.2. The molecular weight excluding hydrogens is 319 g/mol. The van der Waals surface area contributed by atoms with Crippen LogP contribution in [0.25, 0.3) is 0 Å². The van der Waals surface area contributed by atoms with Gasteiger partial charge < -0.3 is 9.47 Å². The molecule has 0 spiro atoms. The van der Waals surface area contributed by atoms with Gasteiger partial charge in [-0.1, -0.05) is 12.1 Å². The fourth-order valence-corrected chi connectivity index (χ4v) is 3.00. The van der Waals surface area contributed by atoms with E-state index in [1.54, 1.807) is 17.4 Å². The predicted octanol–water partition coefficient (Wildman–Crippen LogP) is 3.31. The van der Waals surface area contributed by atoms with Gasteiger partial charge in [0.15, 0.2) is 0 Å². The van der Waals surface area contributed by atoms with Crippen LogP contribution in [0.4, 0.5) is 13.2 Å². The van der Waals surface area contributed by atoms with Crippen LogP contribution in [-0.2, 0) is 17.4 Å². The van der Waals surface area contributed by atoms with Crippen LogP contribution < -0.4 is 0 Å². The number of nitrogens with zero attached hydrogens (tertiary/aromatic N) is 3. The number of imidazole rings is 1. The second-order valence-corrected chi connectivity index (χ2v) is 5.99. The van der Waals surface area contributed by atoms with Gasteiger partial charge in [-0.25, -0.2) is 4.98 Å². The first-order valence-corrected chi connectivity index (χ1v) is 7.85. The molecule has 3 rings (SSSR count). The molecule has 1 aromatic carbocycles. The summed E-state index contributed by atoms with van der Waals surface area (Å²) in [6, 6.07) is 5.14. The normalized spacial score (nSPS) is 16.4. The number of rotatable bonds is 3. The van der Waals surface area contributed by atoms with Crippen molar-refractivity contribution in [3.63, 3.8) is 0 Å². The lowest BCUT2D eigenvalue weighted by Crippen LogP contribution is -2.39. The van der Waals surface area contributed by atoms with Crippen molar-refractivity contribution in [3.05, 3.63) is 54.1 Å². The zero-order valence-corrected chi connectivity index (χ0v) is 13.0. The molecule has 1 saturated heterocycles. The van der Waals surface area contributed by atoms with E-state index in [0.717, 1.165) is 25.0 Å². The SMILES string of the molecule is O=C(Cc1ccc(C(F)(F)F)cc1)N1CCC(n2ccnc2)CC1. The van der Waals surface area contributed by atoms with Crippen LogP contribution in [0.5, 0.6) is 0 Å². The fraction of sp³-hybridized carbons (Fsp3) is 0.412. The highest BCUT2D eigenvalue weighted by molar-refractivity contribution is 5.78. The molecule has 2 aromatic rings. The Hall–Kier alpha value is -2.31. The minimum Gasteiger partial charge on any atom is -0.342 e. The zero-order valence-electron chi connectivity index (χ0n) is 13.0. The molecule has 0 unspecified atom stereocenters. The molecule has 128 valence electrons. The first kappa shape index (κ1) is 16.5. The number of likely N-dealkylation sites (tertiary alicyclic amines) is 1. The van der Waals surface area contributed by atoms with Gasteiger partial charge in [-0.3, -0.25) is 4.79 Å². The molecule has 0 bridgehead atoms. The summed E-state index contributed by atoms with van der Waals surface area (Å²) in [5.74, 6) is -0.0427. The lowest BCUT2D eigenvalue weighted by atomic mass is 10.0. The summed E-state index contributed by atoms with van der Waals surface area (Å²) in [6.45, 7) is 1.31. The molecule has 1 fully saturated rings. The van der Waals surface area contributed by atoms with Crippen molar-refractivity contribution in [2.45, 2.75) is 31.5 Å². The van der Waals surface area contributed by atoms with Gasteiger partial charge in [0.25, 0.3) is 0 Å². The molecule has 1 amide bonds. The number of amides is 1. The van der Waals surface area contributed by atoms with E-state index in [0.29, 0.717) is 24.7 Å². The van der Waals surface area contributed by atoms with E-state index in [-0.39, 0.29) is 12.3 Å². The molecule has 1 aliphatic heterocycles. The van der Waals surface area contributed by atoms with Crippen molar-refractivity contribution in [1.29, 1.82) is 0 Å². The number of hydrogen-bond donors (Lipinski definition) is 0. The van der Waals surface area contributed by atoms with Crippen LogP contribution in [0.3, 0.4) is 0 Å². The molecule has 7 heteroatoms. The van der Waals surface area contributed by atoms with E-state index >= 15 is 0 Å². The van der Waals surface area contributed by atoms with E-state index in [1.807, 2.05) is 6.20 Å². The first-order valence-electron chi connectivity index (χ1n) is 7.85. The average molecular weight is 337 g/mol. The molecule has 1 aliphatic rings. The molecule has 0 saturated carbocycles. The fourth-order valence-electron chi connectivity index (χ4n) is 3.00. The smallest absolute Gasteiger partial charge is 0.342 e. The van der Waals surface area contributed by atoms with Crippen LogP contribution in [0.15, 0.2) is 43.0 Å². The van der Waals surface area contributed by atoms with E-state index < -0.39 is 11.7 Å². The molecular formula is C17H18F3N3O. The summed E-state index contributed by atoms with van der Waals surface area (Å²) >= 11 is 0. The van der Waals surface area contributed by atoms with Crippen LogP contribution in [0, 0.1) is 0 Å². The molecule has 1 aromatic heterocycles. The summed E-state index contributed by atoms with van der Waals surface area (Å²) < 4.78 is 39.7. The topological polar surface area (TPSA) is 38.1 Å². The molecule has 0 aliphatic carbocycles. The number of piperidine rings is 1. The van der Waals surface area contributed by atoms with Crippen molar-refractivity contribution >= 4 is 5.91 Å². The summed E-state index contributed by atoms with van der Waals surface area (Å²) in [6.07, 6.45) is 2.94. The van der Waals surface area contributed by atoms with Crippen molar-refractivity contribution in [3.8, 4) is 0 Å². The standard InChI is InChI=1S/C17H18F3N3O/c18-17(19,20)14-3-1-13(2-4-14)11-16(24)22-8-5-15(6-9-22)23-10-7-21-12-23/h1-4,7,10,12,15H,5-6,8-9,11H2. The van der Waals surface area contributed by atoms with Crippen LogP contribution in [-0.4, -0.2) is 33.4 Å². The number of carbonyl (C=O) groups excluding carboxylic acids is 1. The Morgan fingerprint density at radius 1 is 1.17 bits per heavy atom. The number of benzene rings is 1. The summed E-state index contributed by atoms with van der Waals surface area (Å²) in [4.78, 5) is 18.1. The highest BCUT2D eigenvalue weighted by atomic mass is 19.4. The Balaban J connectivity index is 1.54. The molecule has 2 heterocycles. The minimum atomic E-state index is -4.35. The van der Waals surface area contributed by atoms with Gasteiger partial charge in [-0.15, -0.1) is 0 Å². The second-order valence-electron chi connectivity index (χ2n) is 5.99. The summed E-state index contributed by atoms with van der Waals surface area (Å²) in [5, 5.41) is 0. The van der Waals surface area contributed by atoms with Crippen molar-refractivity contribution in [1.82, 2.24) is 14.5 Å². The maximum absolute atomic E-state index is 12.5. The first-order chi connectivity index (χ1) is 11.4. The second kappa shape index (κ2) is 6.67. The third kappa shape index (κ3) is 3.77. The van der Waals surface area contributed by atoms with E-state index in [9.17, 15) is 18.0 Å². The Kier molecular flexibility index (Phi) is 4.59. The van der Waals surface area contributed by atoms with E-state index in [2.05, 4.69) is 9.55 Å². The van der Waals surface area contributed by atoms with Gasteiger partial charge in [0, 0.05) is 31.5 Å². The van der Waals surface area contributed by atoms with E-state index in [1.165, 1.54) is 12.1 Å². The van der Waals surface area contributed by atoms with Gasteiger partial charge in [0.2, 0.25) is 5.91 Å². The summed E-state index contributed by atoms with van der Waals surface area (Å²) in [5.41, 5.74) is -0.0930. The van der Waals surface area contributed by atoms with Crippen molar-refractivity contribution in [2.75, 3.05) is 13.1 Å². The number of aromatic nitrogens is 2. The Labute approximate surface area is 137 Å². The Morgan fingerprint density at radius 3 is 2.38 bits per heavy atom. The number of halogens is 3. The predicted molar refractivity (Wildman–Crippen MR) is 82.2 cm³/mol. The van der Waals surface area contributed by atoms with Gasteiger partial charge in [-0.05, 0) is 30.5 Å². The molecule has 0 N–H and O–H groups in total. The molecule has 24 heavy (non-hydrogen) atoms. The number of carbonyl (C=O) groups is 1. The minimum absolute atomic E-state index is 0.0427. The van der Waals surface area contributed by atoms with Crippen molar-refractivity contribution in [2.24, 2.45) is 0 Å². The largest absolute Gasteiger partial charge is 0.416 e. The van der Waals surface area contributed by atoms with Crippen molar-refractivity contribution < 1.29 is 18.0 Å². The highest BCUT2D eigenvalue weighted by Crippen LogP contribution is 2.29. The quantitative estimate of drug-likeness (QED) is 0.862. The van der Waals surface area contributed by atoms with E-state index in [4.69, 9.17) is 0 Å². The van der Waals surface area contributed by atoms with Gasteiger partial charge in [0.1, 0.15) is 0 Å². The monoisotopic (exact) mass is 337 g/mol. The molecule has 4 nitrogen and oxygen atoms in total. The Bertz CT molecular complexity index is 672. The maximum atomic E-state index is 12.5. The van der Waals surface area contributed by atoms with Crippen LogP contribution in [0.2, 0.25) is 0 Å². The van der Waals surface area contributed by atoms with Crippen LogP contribution >= 0.6 is 0 Å². The third-order valence-corrected chi connectivity index (χ3v) is 4.40. The third-order valence-electron chi connectivity index (χ3n) is 4.40. The molecule has 0 radical (unpaired) electrons. The Morgan fingerprint density at radius 2 is 1.83 bits per heavy atom. The molecule has 0 atom stereocenters. The average Bonchev–Trinajstić information content (AvgIpc) is 3.09. The van der Waals surface area contributed by atoms with Crippen LogP contribution in [0.1, 0.15) is 30.0 Å². The summed E-state index contributed by atoms with van der Waals surface area (Å²) in [7, 11) is 0. The van der Waals surface area contributed by atoms with Gasteiger partial charge in [0.05, 0.1) is 18.3 Å². The number of hydrogen-bond acceptors (Lipinski definition) is 2. The maximum Gasteiger partial charge on any atom is 0.416 e. The highest BCUT2D eigenvalue weighted by Gasteiger charge is 2.30. The number of alkyl halides is 3. The van der Waals surface area contributed by atoms with Gasteiger partial charge in [-0.2, -0.15) is 13.2 Å².